The van der Waals surface area contributed by atoms with E-state index in [9.17, 15) is 15.3 Å². The summed E-state index contributed by atoms with van der Waals surface area (Å²) in [4.78, 5) is 15.8. The van der Waals surface area contributed by atoms with Gasteiger partial charge in [-0.3, -0.25) is 14.7 Å². The second kappa shape index (κ2) is 5.27. The van der Waals surface area contributed by atoms with Gasteiger partial charge in [0.25, 0.3) is 5.69 Å². The van der Waals surface area contributed by atoms with Crippen LogP contribution in [0.2, 0.25) is 0 Å². The van der Waals surface area contributed by atoms with Gasteiger partial charge in [-0.2, -0.15) is 4.74 Å². The van der Waals surface area contributed by atoms with Crippen LogP contribution in [-0.2, 0) is 6.54 Å². The number of thiophene rings is 1. The standard InChI is InChI=1S/C16H12N4O3S/c1-10-8-17-15-9-18(21)16(14-3-2-6-24-14)12-7-11(20(22)23)4-5-13(12)19(10)15/h2-8H,9H2,1H3. The molecule has 7 nitrogen and oxygen atoms in total. The lowest BCUT2D eigenvalue weighted by molar-refractivity contribution is -0.475. The molecule has 0 unspecified atom stereocenters. The molecule has 0 saturated carbocycles. The molecule has 3 heterocycles. The Morgan fingerprint density at radius 3 is 2.92 bits per heavy atom. The van der Waals surface area contributed by atoms with Crippen LogP contribution in [-0.4, -0.2) is 24.9 Å². The minimum Gasteiger partial charge on any atom is -0.623 e. The fourth-order valence-corrected chi connectivity index (χ4v) is 3.74. The van der Waals surface area contributed by atoms with Crippen LogP contribution in [0.3, 0.4) is 0 Å². The van der Waals surface area contributed by atoms with Gasteiger partial charge in [0.05, 0.1) is 16.2 Å². The van der Waals surface area contributed by atoms with E-state index in [0.29, 0.717) is 17.1 Å². The lowest BCUT2D eigenvalue weighted by Gasteiger charge is -2.10. The summed E-state index contributed by atoms with van der Waals surface area (Å²) < 4.78 is 2.74. The van der Waals surface area contributed by atoms with Gasteiger partial charge in [-0.1, -0.05) is 6.07 Å². The molecule has 0 radical (unpaired) electrons. The van der Waals surface area contributed by atoms with Gasteiger partial charge < -0.3 is 5.21 Å². The fourth-order valence-electron chi connectivity index (χ4n) is 2.96. The monoisotopic (exact) mass is 340 g/mol. The summed E-state index contributed by atoms with van der Waals surface area (Å²) in [6.07, 6.45) is 1.70. The molecular formula is C16H12N4O3S. The summed E-state index contributed by atoms with van der Waals surface area (Å²) >= 11 is 1.43. The van der Waals surface area contributed by atoms with Gasteiger partial charge in [0, 0.05) is 24.0 Å². The Kier molecular flexibility index (Phi) is 3.20. The molecule has 1 aliphatic rings. The number of hydrogen-bond acceptors (Lipinski definition) is 5. The van der Waals surface area contributed by atoms with Gasteiger partial charge in [0.15, 0.2) is 5.82 Å². The van der Waals surface area contributed by atoms with E-state index >= 15 is 0 Å². The van der Waals surface area contributed by atoms with E-state index < -0.39 is 4.92 Å². The quantitative estimate of drug-likeness (QED) is 0.310. The summed E-state index contributed by atoms with van der Waals surface area (Å²) in [6, 6.07) is 8.29. The number of nitrogens with zero attached hydrogens (tertiary/aromatic N) is 4. The second-order valence-corrected chi connectivity index (χ2v) is 6.42. The molecule has 0 N–H and O–H groups in total. The number of benzene rings is 1. The fraction of sp³-hybridized carbons (Fsp3) is 0.125. The Hall–Kier alpha value is -3.00. The zero-order chi connectivity index (χ0) is 16.8. The zero-order valence-electron chi connectivity index (χ0n) is 12.7. The maximum atomic E-state index is 12.8. The summed E-state index contributed by atoms with van der Waals surface area (Å²) in [6.45, 7) is 1.98. The highest BCUT2D eigenvalue weighted by molar-refractivity contribution is 7.12. The lowest BCUT2D eigenvalue weighted by Crippen LogP contribution is -2.16. The van der Waals surface area contributed by atoms with E-state index in [0.717, 1.165) is 21.0 Å². The molecule has 8 heteroatoms. The number of non-ortho nitro benzene ring substituents is 1. The minimum absolute atomic E-state index is 0.0441. The van der Waals surface area contributed by atoms with Crippen LogP contribution >= 0.6 is 11.3 Å². The van der Waals surface area contributed by atoms with Gasteiger partial charge in [-0.05, 0) is 24.4 Å². The topological polar surface area (TPSA) is 87.0 Å². The van der Waals surface area contributed by atoms with Crippen LogP contribution in [0.4, 0.5) is 5.69 Å². The van der Waals surface area contributed by atoms with E-state index in [1.54, 1.807) is 12.3 Å². The van der Waals surface area contributed by atoms with Crippen molar-refractivity contribution in [3.8, 4) is 5.69 Å². The Bertz CT molecular complexity index is 989. The van der Waals surface area contributed by atoms with Crippen molar-refractivity contribution in [1.29, 1.82) is 0 Å². The largest absolute Gasteiger partial charge is 0.623 e. The Morgan fingerprint density at radius 2 is 2.21 bits per heavy atom. The number of hydroxylamine groups is 1. The van der Waals surface area contributed by atoms with Gasteiger partial charge in [-0.15, -0.1) is 11.3 Å². The van der Waals surface area contributed by atoms with Gasteiger partial charge in [0.2, 0.25) is 12.3 Å². The first kappa shape index (κ1) is 14.6. The highest BCUT2D eigenvalue weighted by Gasteiger charge is 2.29. The van der Waals surface area contributed by atoms with Crippen LogP contribution < -0.4 is 0 Å². The van der Waals surface area contributed by atoms with Gasteiger partial charge in [0.1, 0.15) is 4.88 Å². The molecule has 0 spiro atoms. The van der Waals surface area contributed by atoms with Gasteiger partial charge in [-0.25, -0.2) is 4.98 Å². The van der Waals surface area contributed by atoms with Gasteiger partial charge >= 0.3 is 0 Å². The van der Waals surface area contributed by atoms with E-state index in [1.165, 1.54) is 23.5 Å². The SMILES string of the molecule is Cc1cnc2n1-c1ccc([N+](=O)[O-])cc1C(c1cccs1)=[N+]([O-])C2. The second-order valence-electron chi connectivity index (χ2n) is 5.47. The van der Waals surface area contributed by atoms with E-state index in [-0.39, 0.29) is 12.2 Å². The molecule has 1 aromatic carbocycles. The average molecular weight is 340 g/mol. The van der Waals surface area contributed by atoms with Crippen molar-refractivity contribution in [3.05, 3.63) is 79.2 Å². The smallest absolute Gasteiger partial charge is 0.270 e. The first-order valence-corrected chi connectivity index (χ1v) is 8.12. The number of aromatic nitrogens is 2. The molecule has 1 aliphatic heterocycles. The Morgan fingerprint density at radius 1 is 1.38 bits per heavy atom. The molecule has 0 fully saturated rings. The first-order valence-electron chi connectivity index (χ1n) is 7.24. The van der Waals surface area contributed by atoms with Crippen molar-refractivity contribution in [1.82, 2.24) is 9.55 Å². The van der Waals surface area contributed by atoms with Crippen LogP contribution in [0.25, 0.3) is 5.69 Å². The lowest BCUT2D eigenvalue weighted by atomic mass is 10.0. The van der Waals surface area contributed by atoms with E-state index in [1.807, 2.05) is 29.0 Å². The van der Waals surface area contributed by atoms with Crippen LogP contribution in [0.1, 0.15) is 22.0 Å². The Balaban J connectivity index is 2.08. The van der Waals surface area contributed by atoms with Crippen LogP contribution in [0, 0.1) is 22.2 Å². The van der Waals surface area contributed by atoms with Crippen molar-refractivity contribution in [2.75, 3.05) is 0 Å². The maximum absolute atomic E-state index is 12.8. The number of nitro benzene ring substituents is 1. The van der Waals surface area contributed by atoms with Crippen LogP contribution in [0.15, 0.2) is 41.9 Å². The third-order valence-corrected chi connectivity index (χ3v) is 4.86. The predicted octanol–water partition coefficient (Wildman–Crippen LogP) is 3.01. The predicted molar refractivity (Wildman–Crippen MR) is 89.8 cm³/mol. The third kappa shape index (κ3) is 2.11. The zero-order valence-corrected chi connectivity index (χ0v) is 13.5. The maximum Gasteiger partial charge on any atom is 0.270 e. The molecule has 3 aromatic rings. The van der Waals surface area contributed by atoms with Crippen molar-refractivity contribution < 1.29 is 9.66 Å². The summed E-state index contributed by atoms with van der Waals surface area (Å²) in [5.74, 6) is 0.615. The van der Waals surface area contributed by atoms with Crippen molar-refractivity contribution in [2.45, 2.75) is 13.5 Å². The van der Waals surface area contributed by atoms with Crippen molar-refractivity contribution >= 4 is 22.7 Å². The number of imidazole rings is 1. The number of aryl methyl sites for hydroxylation is 1. The molecule has 0 bridgehead atoms. The third-order valence-electron chi connectivity index (χ3n) is 3.99. The molecule has 0 atom stereocenters. The number of fused-ring (bicyclic) bond motifs is 3. The number of rotatable bonds is 2. The van der Waals surface area contributed by atoms with E-state index in [2.05, 4.69) is 4.98 Å². The molecule has 120 valence electrons. The molecule has 0 aliphatic carbocycles. The molecule has 24 heavy (non-hydrogen) atoms. The number of nitro groups is 1. The Labute approximate surface area is 140 Å². The minimum atomic E-state index is -0.450. The summed E-state index contributed by atoms with van der Waals surface area (Å²) in [5.41, 5.74) is 2.54. The highest BCUT2D eigenvalue weighted by atomic mass is 32.1. The average Bonchev–Trinajstić information content (AvgIpc) is 3.16. The van der Waals surface area contributed by atoms with Crippen LogP contribution in [0.5, 0.6) is 0 Å². The molecule has 0 amide bonds. The normalized spacial score (nSPS) is 13.4. The highest BCUT2D eigenvalue weighted by Crippen LogP contribution is 2.30. The number of hydrogen-bond donors (Lipinski definition) is 0. The van der Waals surface area contributed by atoms with Crippen molar-refractivity contribution in [3.63, 3.8) is 0 Å². The summed E-state index contributed by atoms with van der Waals surface area (Å²) in [5, 5.41) is 25.9. The molecule has 4 rings (SSSR count). The van der Waals surface area contributed by atoms with Crippen molar-refractivity contribution in [2.24, 2.45) is 0 Å². The van der Waals surface area contributed by atoms with E-state index in [4.69, 9.17) is 0 Å². The first-order chi connectivity index (χ1) is 11.6. The molecule has 2 aromatic heterocycles. The molecule has 0 saturated heterocycles. The summed E-state index contributed by atoms with van der Waals surface area (Å²) in [7, 11) is 0. The molecular weight excluding hydrogens is 328 g/mol.